The second-order valence-electron chi connectivity index (χ2n) is 19.7. The van der Waals surface area contributed by atoms with Crippen molar-refractivity contribution in [1.82, 2.24) is 23.7 Å². The summed E-state index contributed by atoms with van der Waals surface area (Å²) in [4.78, 5) is 9.80. The molecule has 0 unspecified atom stereocenters. The molecule has 5 heterocycles. The van der Waals surface area contributed by atoms with Crippen molar-refractivity contribution in [3.8, 4) is 67.9 Å². The standard InChI is InChI=1S/C69H50N6O/c1-69(2,3)49-37-39-71-66(42-49)75-61-36-33-48(55-28-18-29-58-56-25-13-14-30-60(56)74(68(55)58)50-23-11-6-12-24-50)41-59(61)57-35-34-51(43-64(57)75)76-52-38-40-70-65(44-52)72-45-73(63-32-16-15-31-62(63)72)67-53(46-19-7-4-8-20-46)26-17-27-54(67)47-21-9-5-10-22-47/h4-44H,1-3H3/i4D,5D,7D,8D,9D,10D,19D,20D,21D,22D. The smallest absolute Gasteiger partial charge is 0.271 e. The van der Waals surface area contributed by atoms with Gasteiger partial charge in [0.1, 0.15) is 17.3 Å². The van der Waals surface area contributed by atoms with Gasteiger partial charge in [-0.15, -0.1) is 0 Å². The van der Waals surface area contributed by atoms with E-state index in [0.717, 1.165) is 66.4 Å². The second kappa shape index (κ2) is 18.0. The number of benzene rings is 9. The maximum atomic E-state index is 9.09. The van der Waals surface area contributed by atoms with Gasteiger partial charge in [-0.3, -0.25) is 18.7 Å². The number of aromatic nitrogens is 6. The Labute approximate surface area is 454 Å². The van der Waals surface area contributed by atoms with Crippen LogP contribution in [0, 0.1) is 6.33 Å². The number of para-hydroxylation sites is 6. The van der Waals surface area contributed by atoms with E-state index in [1.807, 2.05) is 36.5 Å². The number of ether oxygens (including phenoxy) is 1. The highest BCUT2D eigenvalue weighted by Crippen LogP contribution is 2.42. The summed E-state index contributed by atoms with van der Waals surface area (Å²) in [6.07, 6.45) is 6.89. The molecule has 5 aromatic heterocycles. The fourth-order valence-electron chi connectivity index (χ4n) is 10.7. The summed E-state index contributed by atoms with van der Waals surface area (Å²) in [5.74, 6) is 2.10. The lowest BCUT2D eigenvalue weighted by atomic mass is 9.88. The molecule has 76 heavy (non-hydrogen) atoms. The molecule has 9 aromatic carbocycles. The molecule has 0 radical (unpaired) electrons. The van der Waals surface area contributed by atoms with Gasteiger partial charge >= 0.3 is 0 Å². The van der Waals surface area contributed by atoms with Gasteiger partial charge in [-0.05, 0) is 99.5 Å². The highest BCUT2D eigenvalue weighted by molar-refractivity contribution is 6.15. The van der Waals surface area contributed by atoms with Gasteiger partial charge in [0, 0.05) is 57.3 Å². The van der Waals surface area contributed by atoms with Gasteiger partial charge in [0.05, 0.1) is 52.5 Å². The molecular formula is C69H50N6O. The highest BCUT2D eigenvalue weighted by Gasteiger charge is 2.23. The normalized spacial score (nSPS) is 13.7. The van der Waals surface area contributed by atoms with E-state index in [1.165, 1.54) is 5.39 Å². The van der Waals surface area contributed by atoms with Gasteiger partial charge in [0.15, 0.2) is 5.82 Å². The quantitative estimate of drug-likeness (QED) is 0.107. The molecule has 7 heteroatoms. The van der Waals surface area contributed by atoms with Crippen molar-refractivity contribution in [3.63, 3.8) is 0 Å². The number of rotatable bonds is 9. The number of nitrogens with zero attached hydrogens (tertiary/aromatic N) is 6. The van der Waals surface area contributed by atoms with Crippen molar-refractivity contribution in [2.24, 2.45) is 0 Å². The van der Waals surface area contributed by atoms with Crippen molar-refractivity contribution in [2.75, 3.05) is 0 Å². The summed E-state index contributed by atoms with van der Waals surface area (Å²) in [5.41, 5.74) is 9.48. The van der Waals surface area contributed by atoms with E-state index >= 15 is 0 Å². The Bertz CT molecular complexity index is 5020. The van der Waals surface area contributed by atoms with Crippen LogP contribution >= 0.6 is 0 Å². The molecule has 14 aromatic rings. The third-order valence-electron chi connectivity index (χ3n) is 14.1. The molecule has 0 aliphatic carbocycles. The van der Waals surface area contributed by atoms with Crippen LogP contribution < -0.4 is 9.30 Å². The Balaban J connectivity index is 0.921. The zero-order chi connectivity index (χ0) is 59.6. The minimum Gasteiger partial charge on any atom is -0.458 e. The van der Waals surface area contributed by atoms with E-state index in [-0.39, 0.29) is 33.4 Å². The van der Waals surface area contributed by atoms with Gasteiger partial charge < -0.3 is 9.30 Å². The third kappa shape index (κ3) is 7.54. The lowest BCUT2D eigenvalue weighted by Gasteiger charge is -2.20. The molecule has 0 amide bonds. The summed E-state index contributed by atoms with van der Waals surface area (Å²) in [7, 11) is 0. The SMILES string of the molecule is [2H]c1c([2H])c([2H])c(-c2cccc(-c3c([2H])c([2H])c([2H])c([2H])c3[2H])c2-[n+]2[c-]n(-c3cc(Oc4ccc5c6cc(-c7cccc8c9ccccc9n(-c9ccccc9)c78)ccc6n(-c6cc(C(C)(C)C)ccn6)c5c4)ccn3)c3ccccc32)c([2H])c1[2H]. The molecule has 0 aliphatic rings. The average Bonchev–Trinajstić information content (AvgIpc) is 1.53. The summed E-state index contributed by atoms with van der Waals surface area (Å²) < 4.78 is 102. The zero-order valence-corrected chi connectivity index (χ0v) is 41.5. The summed E-state index contributed by atoms with van der Waals surface area (Å²) in [5, 5.41) is 4.36. The van der Waals surface area contributed by atoms with Crippen LogP contribution in [0.4, 0.5) is 0 Å². The van der Waals surface area contributed by atoms with Crippen molar-refractivity contribution in [2.45, 2.75) is 26.2 Å². The Hall–Kier alpha value is -9.85. The van der Waals surface area contributed by atoms with Gasteiger partial charge in [0.2, 0.25) is 0 Å². The molecule has 0 fully saturated rings. The molecule has 0 saturated heterocycles. The first kappa shape index (κ1) is 35.3. The molecule has 7 nitrogen and oxygen atoms in total. The Morgan fingerprint density at radius 2 is 1.11 bits per heavy atom. The summed E-state index contributed by atoms with van der Waals surface area (Å²) in [6.45, 7) is 6.57. The number of hydrogen-bond acceptors (Lipinski definition) is 3. The first-order valence-corrected chi connectivity index (χ1v) is 25.0. The van der Waals surface area contributed by atoms with E-state index in [4.69, 9.17) is 28.4 Å². The second-order valence-corrected chi connectivity index (χ2v) is 19.7. The molecule has 0 aliphatic heterocycles. The zero-order valence-electron chi connectivity index (χ0n) is 51.5. The Morgan fingerprint density at radius 3 is 1.88 bits per heavy atom. The van der Waals surface area contributed by atoms with Crippen LogP contribution in [0.5, 0.6) is 11.5 Å². The van der Waals surface area contributed by atoms with Crippen molar-refractivity contribution in [3.05, 3.63) is 261 Å². The number of fused-ring (bicyclic) bond motifs is 7. The molecule has 0 spiro atoms. The predicted octanol–water partition coefficient (Wildman–Crippen LogP) is 16.8. The predicted molar refractivity (Wildman–Crippen MR) is 309 cm³/mol. The molecule has 0 bridgehead atoms. The van der Waals surface area contributed by atoms with Crippen molar-refractivity contribution >= 4 is 54.6 Å². The summed E-state index contributed by atoms with van der Waals surface area (Å²) in [6, 6.07) is 52.7. The van der Waals surface area contributed by atoms with Crippen LogP contribution in [0.2, 0.25) is 0 Å². The van der Waals surface area contributed by atoms with E-state index in [0.29, 0.717) is 28.4 Å². The van der Waals surface area contributed by atoms with Crippen LogP contribution in [-0.4, -0.2) is 23.7 Å². The third-order valence-corrected chi connectivity index (χ3v) is 14.1. The van der Waals surface area contributed by atoms with Gasteiger partial charge in [-0.2, -0.15) is 0 Å². The number of imidazole rings is 1. The van der Waals surface area contributed by atoms with E-state index in [1.54, 1.807) is 57.8 Å². The highest BCUT2D eigenvalue weighted by atomic mass is 16.5. The van der Waals surface area contributed by atoms with E-state index < -0.39 is 60.4 Å². The van der Waals surface area contributed by atoms with Crippen LogP contribution in [-0.2, 0) is 5.41 Å². The van der Waals surface area contributed by atoms with E-state index in [2.05, 4.69) is 139 Å². The van der Waals surface area contributed by atoms with Crippen molar-refractivity contribution in [1.29, 1.82) is 0 Å². The maximum Gasteiger partial charge on any atom is 0.271 e. The molecule has 362 valence electrons. The molecule has 0 saturated carbocycles. The first-order chi connectivity index (χ1) is 41.5. The largest absolute Gasteiger partial charge is 0.458 e. The van der Waals surface area contributed by atoms with E-state index in [9.17, 15) is 0 Å². The fraction of sp³-hybridized carbons (Fsp3) is 0.0580. The van der Waals surface area contributed by atoms with Gasteiger partial charge in [-0.25, -0.2) is 4.98 Å². The maximum absolute atomic E-state index is 9.09. The first-order valence-electron chi connectivity index (χ1n) is 30.0. The molecule has 0 atom stereocenters. The molecule has 14 rings (SSSR count). The van der Waals surface area contributed by atoms with Gasteiger partial charge in [0.25, 0.3) is 6.33 Å². The topological polar surface area (TPSA) is 53.7 Å². The monoisotopic (exact) mass is 988 g/mol. The van der Waals surface area contributed by atoms with Crippen LogP contribution in [0.25, 0.3) is 111 Å². The lowest BCUT2D eigenvalue weighted by molar-refractivity contribution is -0.571. The summed E-state index contributed by atoms with van der Waals surface area (Å²) >= 11 is 0. The number of hydrogen-bond donors (Lipinski definition) is 0. The van der Waals surface area contributed by atoms with Crippen LogP contribution in [0.15, 0.2) is 249 Å². The Morgan fingerprint density at radius 1 is 0.474 bits per heavy atom. The minimum absolute atomic E-state index is 0.133. The van der Waals surface area contributed by atoms with Crippen molar-refractivity contribution < 1.29 is 23.0 Å². The number of pyridine rings is 2. The van der Waals surface area contributed by atoms with Crippen LogP contribution in [0.1, 0.15) is 40.0 Å². The molecule has 0 N–H and O–H groups in total. The van der Waals surface area contributed by atoms with Crippen LogP contribution in [0.3, 0.4) is 0 Å². The Kier molecular flexibility index (Phi) is 8.35. The lowest BCUT2D eigenvalue weighted by Crippen LogP contribution is -2.31. The fourth-order valence-corrected chi connectivity index (χ4v) is 10.7. The average molecular weight is 989 g/mol. The minimum atomic E-state index is -0.579. The van der Waals surface area contributed by atoms with Gasteiger partial charge in [-0.1, -0.05) is 184 Å². The molecular weight excluding hydrogens is 929 g/mol.